The Labute approximate surface area is 101 Å². The van der Waals surface area contributed by atoms with Crippen LogP contribution in [0.1, 0.15) is 5.56 Å². The van der Waals surface area contributed by atoms with Crippen LogP contribution in [0.5, 0.6) is 0 Å². The predicted octanol–water partition coefficient (Wildman–Crippen LogP) is -0.105. The lowest BCUT2D eigenvalue weighted by Crippen LogP contribution is -2.51. The molecule has 1 atom stereocenters. The van der Waals surface area contributed by atoms with E-state index < -0.39 is 12.6 Å². The van der Waals surface area contributed by atoms with E-state index in [2.05, 4.69) is 15.9 Å². The smallest absolute Gasteiger partial charge is 0.373 e. The van der Waals surface area contributed by atoms with E-state index in [0.29, 0.717) is 13.1 Å². The van der Waals surface area contributed by atoms with Crippen molar-refractivity contribution in [3.05, 3.63) is 35.9 Å². The van der Waals surface area contributed by atoms with Crippen molar-refractivity contribution in [2.75, 3.05) is 13.1 Å². The highest BCUT2D eigenvalue weighted by Crippen LogP contribution is 2.22. The van der Waals surface area contributed by atoms with Crippen LogP contribution in [0.25, 0.3) is 0 Å². The Kier molecular flexibility index (Phi) is 3.35. The van der Waals surface area contributed by atoms with Gasteiger partial charge in [-0.15, -0.1) is 0 Å². The quantitative estimate of drug-likeness (QED) is 0.548. The molecule has 2 amide bonds. The minimum absolute atomic E-state index is 0.179. The van der Waals surface area contributed by atoms with Gasteiger partial charge in [-0.1, -0.05) is 30.3 Å². The van der Waals surface area contributed by atoms with Crippen LogP contribution in [0.4, 0.5) is 4.79 Å². The maximum Gasteiger partial charge on any atom is 0.373 e. The van der Waals surface area contributed by atoms with Crippen molar-refractivity contribution < 1.29 is 9.82 Å². The van der Waals surface area contributed by atoms with Gasteiger partial charge in [0.25, 0.3) is 0 Å². The molecule has 1 saturated heterocycles. The van der Waals surface area contributed by atoms with Crippen molar-refractivity contribution in [3.8, 4) is 0 Å². The van der Waals surface area contributed by atoms with Crippen LogP contribution in [0.3, 0.4) is 0 Å². The summed E-state index contributed by atoms with van der Waals surface area (Å²) >= 11 is 0. The second kappa shape index (κ2) is 4.77. The molecule has 1 aliphatic heterocycles. The summed E-state index contributed by atoms with van der Waals surface area (Å²) < 4.78 is 0. The van der Waals surface area contributed by atoms with Gasteiger partial charge in [0.1, 0.15) is 0 Å². The number of amides is 2. The summed E-state index contributed by atoms with van der Waals surface area (Å²) in [7, 11) is -0.604. The summed E-state index contributed by atoms with van der Waals surface area (Å²) in [6.45, 7) is 2.64. The molecule has 1 aromatic carbocycles. The Bertz CT molecular complexity index is 399. The maximum absolute atomic E-state index is 11.4. The fraction of sp³-hybridized carbons (Fsp3) is 0.364. The third kappa shape index (κ3) is 2.59. The fourth-order valence-electron chi connectivity index (χ4n) is 2.00. The van der Waals surface area contributed by atoms with Gasteiger partial charge in [0.2, 0.25) is 0 Å². The van der Waals surface area contributed by atoms with Crippen LogP contribution in [-0.4, -0.2) is 31.2 Å². The topological polar surface area (TPSA) is 73.4 Å². The summed E-state index contributed by atoms with van der Waals surface area (Å²) in [6.07, 6.45) is 0. The molecule has 0 spiro atoms. The normalized spacial score (nSPS) is 23.1. The summed E-state index contributed by atoms with van der Waals surface area (Å²) in [4.78, 5) is 11.4. The highest BCUT2D eigenvalue weighted by molar-refractivity contribution is 6.45. The van der Waals surface area contributed by atoms with E-state index in [-0.39, 0.29) is 6.03 Å². The van der Waals surface area contributed by atoms with Gasteiger partial charge in [0, 0.05) is 13.1 Å². The standard InChI is InChI=1S/C11H16BN3O2/c1-12(17)14-8-11(7-13-10(16)15-11)9-5-3-2-4-6-9/h2-6,14,17H,7-8H2,1H3,(H2,13,15,16). The van der Waals surface area contributed by atoms with E-state index in [9.17, 15) is 9.82 Å². The zero-order valence-electron chi connectivity index (χ0n) is 9.73. The summed E-state index contributed by atoms with van der Waals surface area (Å²) in [5.74, 6) is 0. The Morgan fingerprint density at radius 2 is 2.18 bits per heavy atom. The molecular weight excluding hydrogens is 217 g/mol. The lowest BCUT2D eigenvalue weighted by molar-refractivity contribution is 0.244. The first kappa shape index (κ1) is 11.9. The minimum Gasteiger partial charge on any atom is -0.437 e. The number of hydrogen-bond acceptors (Lipinski definition) is 3. The first-order valence-electron chi connectivity index (χ1n) is 5.65. The van der Waals surface area contributed by atoms with Gasteiger partial charge in [0.05, 0.1) is 5.54 Å². The van der Waals surface area contributed by atoms with E-state index in [1.165, 1.54) is 0 Å². The van der Waals surface area contributed by atoms with Gasteiger partial charge in [-0.3, -0.25) is 0 Å². The van der Waals surface area contributed by atoms with Gasteiger partial charge in [-0.25, -0.2) is 4.79 Å². The Morgan fingerprint density at radius 1 is 1.47 bits per heavy atom. The molecule has 0 aromatic heterocycles. The summed E-state index contributed by atoms with van der Waals surface area (Å²) in [6, 6.07) is 9.56. The van der Waals surface area contributed by atoms with E-state index in [1.54, 1.807) is 6.82 Å². The molecule has 6 heteroatoms. The van der Waals surface area contributed by atoms with Crippen molar-refractivity contribution in [2.24, 2.45) is 0 Å². The van der Waals surface area contributed by atoms with Gasteiger partial charge in [-0.05, 0) is 12.4 Å². The van der Waals surface area contributed by atoms with Crippen LogP contribution in [-0.2, 0) is 5.54 Å². The van der Waals surface area contributed by atoms with Crippen molar-refractivity contribution in [1.29, 1.82) is 0 Å². The highest BCUT2D eigenvalue weighted by Gasteiger charge is 2.39. The van der Waals surface area contributed by atoms with Crippen molar-refractivity contribution in [1.82, 2.24) is 15.9 Å². The molecule has 0 aliphatic carbocycles. The lowest BCUT2D eigenvalue weighted by Gasteiger charge is -2.29. The van der Waals surface area contributed by atoms with E-state index in [4.69, 9.17) is 0 Å². The molecule has 1 aromatic rings. The number of benzene rings is 1. The molecule has 0 radical (unpaired) electrons. The number of urea groups is 1. The van der Waals surface area contributed by atoms with Crippen LogP contribution < -0.4 is 15.9 Å². The number of hydrogen-bond donors (Lipinski definition) is 4. The molecule has 4 N–H and O–H groups in total. The second-order valence-electron chi connectivity index (χ2n) is 4.31. The molecule has 1 aliphatic rings. The van der Waals surface area contributed by atoms with Crippen LogP contribution >= 0.6 is 0 Å². The maximum atomic E-state index is 11.4. The van der Waals surface area contributed by atoms with Gasteiger partial charge < -0.3 is 20.9 Å². The van der Waals surface area contributed by atoms with Gasteiger partial charge in [0.15, 0.2) is 0 Å². The summed E-state index contributed by atoms with van der Waals surface area (Å²) in [5.41, 5.74) is 0.529. The molecule has 1 unspecified atom stereocenters. The molecule has 17 heavy (non-hydrogen) atoms. The SMILES string of the molecule is CB(O)NCC1(c2ccccc2)CNC(=O)N1. The van der Waals surface area contributed by atoms with Gasteiger partial charge >= 0.3 is 13.1 Å². The first-order valence-corrected chi connectivity index (χ1v) is 5.65. The molecular formula is C11H16BN3O2. The van der Waals surface area contributed by atoms with E-state index in [1.807, 2.05) is 30.3 Å². The first-order chi connectivity index (χ1) is 8.12. The number of carbonyl (C=O) groups is 1. The fourth-order valence-corrected chi connectivity index (χ4v) is 2.00. The van der Waals surface area contributed by atoms with E-state index >= 15 is 0 Å². The average molecular weight is 233 g/mol. The second-order valence-corrected chi connectivity index (χ2v) is 4.31. The van der Waals surface area contributed by atoms with Crippen molar-refractivity contribution in [2.45, 2.75) is 12.4 Å². The molecule has 1 fully saturated rings. The largest absolute Gasteiger partial charge is 0.437 e. The molecule has 90 valence electrons. The molecule has 1 heterocycles. The molecule has 2 rings (SSSR count). The minimum atomic E-state index is -0.604. The van der Waals surface area contributed by atoms with Crippen molar-refractivity contribution in [3.63, 3.8) is 0 Å². The monoisotopic (exact) mass is 233 g/mol. The number of nitrogens with one attached hydrogen (secondary N) is 3. The predicted molar refractivity (Wildman–Crippen MR) is 66.5 cm³/mol. The Morgan fingerprint density at radius 3 is 2.71 bits per heavy atom. The Balaban J connectivity index is 2.22. The van der Waals surface area contributed by atoms with Crippen LogP contribution in [0.15, 0.2) is 30.3 Å². The Hall–Kier alpha value is -1.53. The number of carbonyl (C=O) groups excluding carboxylic acids is 1. The average Bonchev–Trinajstić information content (AvgIpc) is 2.71. The highest BCUT2D eigenvalue weighted by atomic mass is 16.2. The zero-order chi connectivity index (χ0) is 12.3. The van der Waals surface area contributed by atoms with Gasteiger partial charge in [-0.2, -0.15) is 0 Å². The number of rotatable bonds is 4. The molecule has 0 bridgehead atoms. The third-order valence-electron chi connectivity index (χ3n) is 2.93. The van der Waals surface area contributed by atoms with Crippen LogP contribution in [0, 0.1) is 0 Å². The molecule has 5 nitrogen and oxygen atoms in total. The van der Waals surface area contributed by atoms with Crippen LogP contribution in [0.2, 0.25) is 6.82 Å². The third-order valence-corrected chi connectivity index (χ3v) is 2.93. The zero-order valence-corrected chi connectivity index (χ0v) is 9.73. The van der Waals surface area contributed by atoms with E-state index in [0.717, 1.165) is 5.56 Å². The van der Waals surface area contributed by atoms with Crippen molar-refractivity contribution >= 4 is 13.1 Å². The lowest BCUT2D eigenvalue weighted by atomic mass is 9.84. The molecule has 0 saturated carbocycles. The summed E-state index contributed by atoms with van der Waals surface area (Å²) in [5, 5.41) is 17.9.